The van der Waals surface area contributed by atoms with Crippen LogP contribution in [0.2, 0.25) is 0 Å². The van der Waals surface area contributed by atoms with Crippen molar-refractivity contribution in [2.24, 2.45) is 0 Å². The Morgan fingerprint density at radius 1 is 1.23 bits per heavy atom. The highest BCUT2D eigenvalue weighted by Gasteiger charge is 2.34. The van der Waals surface area contributed by atoms with E-state index in [1.165, 1.54) is 11.1 Å². The topological polar surface area (TPSA) is 82.6 Å². The van der Waals surface area contributed by atoms with E-state index in [2.05, 4.69) is 56.7 Å². The van der Waals surface area contributed by atoms with Gasteiger partial charge in [0.1, 0.15) is 12.4 Å². The molecule has 0 spiro atoms. The average Bonchev–Trinajstić information content (AvgIpc) is 3.15. The molecule has 4 rings (SSSR count). The van der Waals surface area contributed by atoms with Gasteiger partial charge in [-0.3, -0.25) is 9.80 Å². The van der Waals surface area contributed by atoms with E-state index < -0.39 is 0 Å². The molecule has 1 aromatic heterocycles. The van der Waals surface area contributed by atoms with Crippen LogP contribution in [-0.2, 0) is 11.3 Å². The van der Waals surface area contributed by atoms with Crippen LogP contribution in [0.5, 0.6) is 0 Å². The Morgan fingerprint density at radius 2 is 2.00 bits per heavy atom. The Labute approximate surface area is 177 Å². The zero-order valence-corrected chi connectivity index (χ0v) is 17.7. The molecular formula is C22H30N6O2. The van der Waals surface area contributed by atoms with E-state index in [0.29, 0.717) is 18.4 Å². The van der Waals surface area contributed by atoms with Crippen LogP contribution in [0.3, 0.4) is 0 Å². The summed E-state index contributed by atoms with van der Waals surface area (Å²) in [4.78, 5) is 25.1. The second-order valence-corrected chi connectivity index (χ2v) is 7.88. The first-order chi connectivity index (χ1) is 14.6. The molecule has 2 saturated heterocycles. The lowest BCUT2D eigenvalue weighted by atomic mass is 10.1. The summed E-state index contributed by atoms with van der Waals surface area (Å²) in [6.45, 7) is 9.82. The molecule has 1 aromatic carbocycles. The molecule has 1 unspecified atom stereocenters. The maximum absolute atomic E-state index is 12.1. The molecule has 2 aliphatic heterocycles. The number of anilines is 2. The van der Waals surface area contributed by atoms with E-state index in [0.717, 1.165) is 39.1 Å². The SMILES string of the molecule is CCC1COC(=O)N1c1ccnc(N[C@@H](C)c2ccc(CN3CCNCC3)cc2)n1. The predicted octanol–water partition coefficient (Wildman–Crippen LogP) is 2.79. The Bertz CT molecular complexity index is 853. The second kappa shape index (κ2) is 9.40. The largest absolute Gasteiger partial charge is 0.447 e. The fraction of sp³-hybridized carbons (Fsp3) is 0.500. The molecule has 2 N–H and O–H groups in total. The van der Waals surface area contributed by atoms with Crippen LogP contribution >= 0.6 is 0 Å². The molecule has 2 aromatic rings. The van der Waals surface area contributed by atoms with E-state index >= 15 is 0 Å². The van der Waals surface area contributed by atoms with Crippen molar-refractivity contribution in [1.29, 1.82) is 0 Å². The van der Waals surface area contributed by atoms with E-state index in [1.54, 1.807) is 17.2 Å². The van der Waals surface area contributed by atoms with Gasteiger partial charge in [-0.2, -0.15) is 4.98 Å². The summed E-state index contributed by atoms with van der Waals surface area (Å²) in [5, 5.41) is 6.74. The third-order valence-corrected chi connectivity index (χ3v) is 5.76. The van der Waals surface area contributed by atoms with Gasteiger partial charge >= 0.3 is 6.09 Å². The molecule has 0 saturated carbocycles. The molecule has 160 valence electrons. The molecule has 1 amide bonds. The first-order valence-electron chi connectivity index (χ1n) is 10.7. The van der Waals surface area contributed by atoms with Crippen molar-refractivity contribution in [2.45, 2.75) is 38.9 Å². The van der Waals surface area contributed by atoms with Crippen LogP contribution in [-0.4, -0.2) is 59.8 Å². The van der Waals surface area contributed by atoms with Gasteiger partial charge in [0.05, 0.1) is 12.1 Å². The van der Waals surface area contributed by atoms with Gasteiger partial charge in [0, 0.05) is 38.9 Å². The van der Waals surface area contributed by atoms with Crippen molar-refractivity contribution in [3.8, 4) is 0 Å². The average molecular weight is 411 g/mol. The van der Waals surface area contributed by atoms with Gasteiger partial charge in [-0.05, 0) is 30.5 Å². The van der Waals surface area contributed by atoms with Gasteiger partial charge in [0.15, 0.2) is 0 Å². The zero-order valence-electron chi connectivity index (χ0n) is 17.7. The number of rotatable bonds is 7. The number of carbonyl (C=O) groups is 1. The van der Waals surface area contributed by atoms with E-state index in [-0.39, 0.29) is 18.2 Å². The molecular weight excluding hydrogens is 380 g/mol. The second-order valence-electron chi connectivity index (χ2n) is 7.88. The molecule has 0 radical (unpaired) electrons. The number of nitrogens with zero attached hydrogens (tertiary/aromatic N) is 4. The number of cyclic esters (lactones) is 1. The van der Waals surface area contributed by atoms with Gasteiger partial charge in [0.25, 0.3) is 0 Å². The van der Waals surface area contributed by atoms with Gasteiger partial charge in [0.2, 0.25) is 5.95 Å². The first kappa shape index (κ1) is 20.6. The van der Waals surface area contributed by atoms with Gasteiger partial charge in [-0.15, -0.1) is 0 Å². The summed E-state index contributed by atoms with van der Waals surface area (Å²) in [5.74, 6) is 1.07. The van der Waals surface area contributed by atoms with Gasteiger partial charge in [-0.1, -0.05) is 31.2 Å². The number of nitrogens with one attached hydrogen (secondary N) is 2. The van der Waals surface area contributed by atoms with E-state index in [9.17, 15) is 4.79 Å². The number of ether oxygens (including phenoxy) is 1. The fourth-order valence-electron chi connectivity index (χ4n) is 3.91. The minimum Gasteiger partial charge on any atom is -0.447 e. The van der Waals surface area contributed by atoms with Crippen molar-refractivity contribution < 1.29 is 9.53 Å². The third kappa shape index (κ3) is 4.71. The summed E-state index contributed by atoms with van der Waals surface area (Å²) in [6, 6.07) is 10.5. The summed E-state index contributed by atoms with van der Waals surface area (Å²) in [5.41, 5.74) is 2.49. The number of amides is 1. The molecule has 2 aliphatic rings. The molecule has 8 nitrogen and oxygen atoms in total. The lowest BCUT2D eigenvalue weighted by Crippen LogP contribution is -2.42. The van der Waals surface area contributed by atoms with Crippen LogP contribution in [0.15, 0.2) is 36.5 Å². The number of hydrogen-bond donors (Lipinski definition) is 2. The van der Waals surface area contributed by atoms with Crippen LogP contribution in [0.1, 0.15) is 37.4 Å². The first-order valence-corrected chi connectivity index (χ1v) is 10.7. The minimum atomic E-state index is -0.348. The predicted molar refractivity (Wildman–Crippen MR) is 117 cm³/mol. The van der Waals surface area contributed by atoms with Crippen molar-refractivity contribution in [3.05, 3.63) is 47.7 Å². The fourth-order valence-corrected chi connectivity index (χ4v) is 3.91. The Balaban J connectivity index is 1.40. The normalized spacial score (nSPS) is 20.8. The highest BCUT2D eigenvalue weighted by atomic mass is 16.6. The molecule has 8 heteroatoms. The molecule has 2 atom stereocenters. The number of aromatic nitrogens is 2. The number of carbonyl (C=O) groups excluding carboxylic acids is 1. The van der Waals surface area contributed by atoms with Crippen LogP contribution in [0.25, 0.3) is 0 Å². The minimum absolute atomic E-state index is 0.0147. The molecule has 0 aliphatic carbocycles. The summed E-state index contributed by atoms with van der Waals surface area (Å²) >= 11 is 0. The van der Waals surface area contributed by atoms with Crippen molar-refractivity contribution in [3.63, 3.8) is 0 Å². The van der Waals surface area contributed by atoms with Crippen molar-refractivity contribution in [1.82, 2.24) is 20.2 Å². The molecule has 3 heterocycles. The van der Waals surface area contributed by atoms with E-state index in [1.807, 2.05) is 6.92 Å². The lowest BCUT2D eigenvalue weighted by molar-refractivity contribution is 0.178. The van der Waals surface area contributed by atoms with Gasteiger partial charge in [-0.25, -0.2) is 9.78 Å². The number of piperazine rings is 1. The molecule has 2 fully saturated rings. The standard InChI is InChI=1S/C22H30N6O2/c1-3-19-15-30-22(29)28(19)20-8-9-24-21(26-20)25-16(2)18-6-4-17(5-7-18)14-27-12-10-23-11-13-27/h4-9,16,19,23H,3,10-15H2,1-2H3,(H,24,25,26)/t16-,19?/m0/s1. The molecule has 0 bridgehead atoms. The summed E-state index contributed by atoms with van der Waals surface area (Å²) < 4.78 is 5.18. The quantitative estimate of drug-likeness (QED) is 0.726. The Morgan fingerprint density at radius 3 is 2.73 bits per heavy atom. The van der Waals surface area contributed by atoms with Crippen molar-refractivity contribution >= 4 is 17.9 Å². The highest BCUT2D eigenvalue weighted by molar-refractivity contribution is 5.89. The van der Waals surface area contributed by atoms with Crippen LogP contribution < -0.4 is 15.5 Å². The maximum atomic E-state index is 12.1. The smallest absolute Gasteiger partial charge is 0.415 e. The van der Waals surface area contributed by atoms with Crippen LogP contribution in [0, 0.1) is 0 Å². The zero-order chi connectivity index (χ0) is 20.9. The number of benzene rings is 1. The highest BCUT2D eigenvalue weighted by Crippen LogP contribution is 2.24. The third-order valence-electron chi connectivity index (χ3n) is 5.76. The van der Waals surface area contributed by atoms with E-state index in [4.69, 9.17) is 4.74 Å². The lowest BCUT2D eigenvalue weighted by Gasteiger charge is -2.27. The summed E-state index contributed by atoms with van der Waals surface area (Å²) in [7, 11) is 0. The van der Waals surface area contributed by atoms with Crippen molar-refractivity contribution in [2.75, 3.05) is 43.0 Å². The maximum Gasteiger partial charge on any atom is 0.415 e. The Hall–Kier alpha value is -2.71. The number of hydrogen-bond acceptors (Lipinski definition) is 7. The Kier molecular flexibility index (Phi) is 6.44. The summed E-state index contributed by atoms with van der Waals surface area (Å²) in [6.07, 6.45) is 2.14. The monoisotopic (exact) mass is 410 g/mol. The molecule has 30 heavy (non-hydrogen) atoms. The van der Waals surface area contributed by atoms with Crippen LogP contribution in [0.4, 0.5) is 16.6 Å². The van der Waals surface area contributed by atoms with Gasteiger partial charge < -0.3 is 15.4 Å².